The van der Waals surface area contributed by atoms with E-state index < -0.39 is 0 Å². The number of carbonyl (C=O) groups is 2. The van der Waals surface area contributed by atoms with Crippen LogP contribution < -0.4 is 0 Å². The van der Waals surface area contributed by atoms with Crippen molar-refractivity contribution >= 4 is 11.9 Å². The third-order valence-corrected chi connectivity index (χ3v) is 3.04. The van der Waals surface area contributed by atoms with Gasteiger partial charge in [-0.1, -0.05) is 0 Å². The first-order chi connectivity index (χ1) is 8.31. The summed E-state index contributed by atoms with van der Waals surface area (Å²) in [7, 11) is 6.13. The van der Waals surface area contributed by atoms with Crippen molar-refractivity contribution in [1.82, 2.24) is 0 Å². The van der Waals surface area contributed by atoms with E-state index >= 15 is 0 Å². The van der Waals surface area contributed by atoms with Gasteiger partial charge in [0.05, 0.1) is 52.7 Å². The zero-order valence-electron chi connectivity index (χ0n) is 11.9. The number of rotatable bonds is 6. The summed E-state index contributed by atoms with van der Waals surface area (Å²) in [4.78, 5) is 23.6. The predicted octanol–water partition coefficient (Wildman–Crippen LogP) is 0.681. The molecule has 5 heteroatoms. The molecule has 1 rings (SSSR count). The minimum absolute atomic E-state index is 0.0445. The lowest BCUT2D eigenvalue weighted by Crippen LogP contribution is -2.37. The second-order valence-electron chi connectivity index (χ2n) is 5.69. The summed E-state index contributed by atoms with van der Waals surface area (Å²) in [5.41, 5.74) is 0. The number of nitrogens with zero attached hydrogens (tertiary/aromatic N) is 1. The summed E-state index contributed by atoms with van der Waals surface area (Å²) < 4.78 is 10.7. The molecule has 0 aliphatic heterocycles. The number of carbonyl (C=O) groups excluding carboxylic acids is 2. The third-order valence-electron chi connectivity index (χ3n) is 3.04. The Bertz CT molecular complexity index is 297. The van der Waals surface area contributed by atoms with Gasteiger partial charge in [0.15, 0.2) is 0 Å². The van der Waals surface area contributed by atoms with Crippen LogP contribution in [-0.4, -0.2) is 57.3 Å². The van der Waals surface area contributed by atoms with E-state index in [1.807, 2.05) is 21.1 Å². The Balaban J connectivity index is 2.68. The van der Waals surface area contributed by atoms with Crippen LogP contribution in [0.4, 0.5) is 0 Å². The highest BCUT2D eigenvalue weighted by Gasteiger charge is 2.62. The van der Waals surface area contributed by atoms with Gasteiger partial charge in [0.1, 0.15) is 0 Å². The van der Waals surface area contributed by atoms with Gasteiger partial charge in [-0.15, -0.1) is 0 Å². The van der Waals surface area contributed by atoms with Crippen molar-refractivity contribution in [3.05, 3.63) is 0 Å². The van der Waals surface area contributed by atoms with Gasteiger partial charge in [-0.3, -0.25) is 9.59 Å². The largest absolute Gasteiger partial charge is 0.466 e. The molecule has 0 amide bonds. The van der Waals surface area contributed by atoms with E-state index in [4.69, 9.17) is 9.47 Å². The van der Waals surface area contributed by atoms with Crippen molar-refractivity contribution in [2.24, 2.45) is 17.8 Å². The second-order valence-corrected chi connectivity index (χ2v) is 5.69. The second kappa shape index (κ2) is 5.69. The molecule has 1 unspecified atom stereocenters. The van der Waals surface area contributed by atoms with E-state index in [-0.39, 0.29) is 29.7 Å². The van der Waals surface area contributed by atoms with Crippen molar-refractivity contribution in [3.63, 3.8) is 0 Å². The van der Waals surface area contributed by atoms with Gasteiger partial charge in [-0.2, -0.15) is 0 Å². The van der Waals surface area contributed by atoms with Crippen molar-refractivity contribution in [2.75, 3.05) is 40.9 Å². The maximum Gasteiger partial charge on any atom is 0.310 e. The predicted molar refractivity (Wildman–Crippen MR) is 66.6 cm³/mol. The Morgan fingerprint density at radius 3 is 1.61 bits per heavy atom. The van der Waals surface area contributed by atoms with Crippen LogP contribution >= 0.6 is 0 Å². The van der Waals surface area contributed by atoms with E-state index in [1.54, 1.807) is 13.8 Å². The van der Waals surface area contributed by atoms with Crippen molar-refractivity contribution in [1.29, 1.82) is 0 Å². The summed E-state index contributed by atoms with van der Waals surface area (Å²) in [6, 6.07) is 0. The lowest BCUT2D eigenvalue weighted by Gasteiger charge is -2.23. The highest BCUT2D eigenvalue weighted by molar-refractivity contribution is 5.88. The Morgan fingerprint density at radius 2 is 1.33 bits per heavy atom. The van der Waals surface area contributed by atoms with Crippen molar-refractivity contribution < 1.29 is 23.5 Å². The average molecular weight is 258 g/mol. The molecule has 0 radical (unpaired) electrons. The molecule has 0 bridgehead atoms. The molecule has 1 aliphatic carbocycles. The number of hydrogen-bond acceptors (Lipinski definition) is 4. The Hall–Kier alpha value is -1.10. The minimum atomic E-state index is -0.318. The van der Waals surface area contributed by atoms with E-state index in [0.717, 1.165) is 11.0 Å². The summed E-state index contributed by atoms with van der Waals surface area (Å²) in [5.74, 6) is -1.13. The first kappa shape index (κ1) is 15.0. The van der Waals surface area contributed by atoms with Crippen LogP contribution in [0.15, 0.2) is 0 Å². The van der Waals surface area contributed by atoms with Gasteiger partial charge < -0.3 is 14.0 Å². The fraction of sp³-hybridized carbons (Fsp3) is 0.846. The molecule has 0 spiro atoms. The summed E-state index contributed by atoms with van der Waals surface area (Å²) >= 11 is 0. The molecule has 0 saturated heterocycles. The smallest absolute Gasteiger partial charge is 0.310 e. The van der Waals surface area contributed by atoms with Crippen LogP contribution in [0.2, 0.25) is 0 Å². The van der Waals surface area contributed by atoms with Crippen LogP contribution in [-0.2, 0) is 19.1 Å². The van der Waals surface area contributed by atoms with Crippen LogP contribution in [0.5, 0.6) is 0 Å². The first-order valence-corrected chi connectivity index (χ1v) is 6.45. The summed E-state index contributed by atoms with van der Waals surface area (Å²) in [5, 5.41) is 0. The molecule has 104 valence electrons. The number of ether oxygens (including phenoxy) is 2. The van der Waals surface area contributed by atoms with E-state index in [1.165, 1.54) is 0 Å². The summed E-state index contributed by atoms with van der Waals surface area (Å²) in [6.07, 6.45) is 0. The first-order valence-electron chi connectivity index (χ1n) is 6.45. The standard InChI is InChI=1S/C13H24NO4/c1-6-17-12(15)10-9(8-14(3,4)5)11(10)13(16)18-7-2/h9-11H,6-8H2,1-5H3/q+1/t9?,10-,11+. The molecule has 1 saturated carbocycles. The van der Waals surface area contributed by atoms with Gasteiger partial charge in [0.25, 0.3) is 0 Å². The highest BCUT2D eigenvalue weighted by Crippen LogP contribution is 2.48. The zero-order chi connectivity index (χ0) is 13.9. The SMILES string of the molecule is CCOC(=O)[C@@H]1C(C[N+](C)(C)C)[C@@H]1C(=O)OCC. The highest BCUT2D eigenvalue weighted by atomic mass is 16.5. The van der Waals surface area contributed by atoms with E-state index in [9.17, 15) is 9.59 Å². The zero-order valence-corrected chi connectivity index (χ0v) is 11.9. The van der Waals surface area contributed by atoms with Gasteiger partial charge >= 0.3 is 11.9 Å². The number of esters is 2. The van der Waals surface area contributed by atoms with Crippen LogP contribution in [0.1, 0.15) is 13.8 Å². The average Bonchev–Trinajstić information content (AvgIpc) is 2.90. The minimum Gasteiger partial charge on any atom is -0.466 e. The molecule has 1 fully saturated rings. The Labute approximate surface area is 109 Å². The Kier molecular flexibility index (Phi) is 4.73. The van der Waals surface area contributed by atoms with E-state index in [2.05, 4.69) is 0 Å². The normalized spacial score (nSPS) is 26.6. The lowest BCUT2D eigenvalue weighted by atomic mass is 10.3. The van der Waals surface area contributed by atoms with Gasteiger partial charge in [-0.25, -0.2) is 0 Å². The molecule has 0 N–H and O–H groups in total. The van der Waals surface area contributed by atoms with Crippen LogP contribution in [0, 0.1) is 17.8 Å². The third kappa shape index (κ3) is 3.70. The maximum atomic E-state index is 11.8. The number of hydrogen-bond donors (Lipinski definition) is 0. The quantitative estimate of drug-likeness (QED) is 0.519. The molecule has 0 aromatic heterocycles. The molecule has 5 nitrogen and oxygen atoms in total. The monoisotopic (exact) mass is 258 g/mol. The number of quaternary nitrogens is 1. The van der Waals surface area contributed by atoms with Gasteiger partial charge in [-0.05, 0) is 13.8 Å². The van der Waals surface area contributed by atoms with Crippen molar-refractivity contribution in [3.8, 4) is 0 Å². The molecule has 0 aromatic rings. The molecule has 0 heterocycles. The Morgan fingerprint density at radius 1 is 0.944 bits per heavy atom. The van der Waals surface area contributed by atoms with Crippen molar-refractivity contribution in [2.45, 2.75) is 13.8 Å². The van der Waals surface area contributed by atoms with Gasteiger partial charge in [0.2, 0.25) is 0 Å². The molecular weight excluding hydrogens is 234 g/mol. The fourth-order valence-corrected chi connectivity index (χ4v) is 2.35. The van der Waals surface area contributed by atoms with Crippen LogP contribution in [0.25, 0.3) is 0 Å². The van der Waals surface area contributed by atoms with Gasteiger partial charge in [0, 0.05) is 5.92 Å². The lowest BCUT2D eigenvalue weighted by molar-refractivity contribution is -0.872. The molecule has 3 atom stereocenters. The molecular formula is C13H24NO4+. The fourth-order valence-electron chi connectivity index (χ4n) is 2.35. The summed E-state index contributed by atoms with van der Waals surface area (Å²) in [6.45, 7) is 5.01. The maximum absolute atomic E-state index is 11.8. The molecule has 18 heavy (non-hydrogen) atoms. The van der Waals surface area contributed by atoms with Crippen LogP contribution in [0.3, 0.4) is 0 Å². The molecule has 1 aliphatic rings. The molecule has 0 aromatic carbocycles. The van der Waals surface area contributed by atoms with E-state index in [0.29, 0.717) is 13.2 Å². The topological polar surface area (TPSA) is 52.6 Å².